The lowest BCUT2D eigenvalue weighted by Gasteiger charge is -2.27. The molecule has 1 unspecified atom stereocenters. The largest absolute Gasteiger partial charge is 0.496 e. The van der Waals surface area contributed by atoms with Gasteiger partial charge in [0.2, 0.25) is 5.91 Å². The molecule has 0 aliphatic carbocycles. The number of imide groups is 1. The first-order chi connectivity index (χ1) is 12.2. The second-order valence-electron chi connectivity index (χ2n) is 6.28. The molecule has 0 aliphatic heterocycles. The molecule has 144 valence electrons. The fourth-order valence-electron chi connectivity index (χ4n) is 2.39. The van der Waals surface area contributed by atoms with Gasteiger partial charge in [-0.05, 0) is 44.4 Å². The molecular weight excluding hydrogens is 334 g/mol. The molecule has 7 nitrogen and oxygen atoms in total. The molecule has 0 aromatic heterocycles. The number of hydrogen-bond donors (Lipinski definition) is 2. The zero-order valence-electron chi connectivity index (χ0n) is 16.1. The number of nitrogens with two attached hydrogens (primary N) is 2. The Morgan fingerprint density at radius 1 is 1.27 bits per heavy atom. The van der Waals surface area contributed by atoms with Crippen molar-refractivity contribution in [3.63, 3.8) is 0 Å². The summed E-state index contributed by atoms with van der Waals surface area (Å²) in [5.41, 5.74) is 12.3. The predicted octanol–water partition coefficient (Wildman–Crippen LogP) is 2.91. The highest BCUT2D eigenvalue weighted by molar-refractivity contribution is 5.95. The molecule has 1 rings (SSSR count). The van der Waals surface area contributed by atoms with Gasteiger partial charge in [0.15, 0.2) is 5.88 Å². The van der Waals surface area contributed by atoms with Gasteiger partial charge in [-0.15, -0.1) is 0 Å². The molecule has 1 aromatic carbocycles. The molecular formula is C19H29N3O4. The van der Waals surface area contributed by atoms with Crippen LogP contribution in [0, 0.1) is 12.8 Å². The summed E-state index contributed by atoms with van der Waals surface area (Å²) >= 11 is 0. The van der Waals surface area contributed by atoms with E-state index in [1.807, 2.05) is 19.9 Å². The first-order valence-electron chi connectivity index (χ1n) is 8.61. The van der Waals surface area contributed by atoms with Crippen LogP contribution in [0.1, 0.15) is 39.2 Å². The Labute approximate surface area is 154 Å². The highest BCUT2D eigenvalue weighted by Gasteiger charge is 2.27. The second-order valence-corrected chi connectivity index (χ2v) is 6.28. The van der Waals surface area contributed by atoms with Gasteiger partial charge in [0.25, 0.3) is 0 Å². The van der Waals surface area contributed by atoms with Crippen LogP contribution in [0.2, 0.25) is 0 Å². The van der Waals surface area contributed by atoms with Gasteiger partial charge in [0.05, 0.1) is 7.11 Å². The zero-order valence-corrected chi connectivity index (χ0v) is 16.1. The van der Waals surface area contributed by atoms with Crippen LogP contribution in [0.25, 0.3) is 0 Å². The number of aryl methyl sites for hydroxylation is 1. The molecule has 4 N–H and O–H groups in total. The Hall–Kier alpha value is -2.70. The summed E-state index contributed by atoms with van der Waals surface area (Å²) in [6.07, 6.45) is 2.59. The van der Waals surface area contributed by atoms with Crippen molar-refractivity contribution in [3.8, 4) is 11.5 Å². The highest BCUT2D eigenvalue weighted by atomic mass is 16.5. The third-order valence-electron chi connectivity index (χ3n) is 4.22. The number of hydrogen-bond acceptors (Lipinski definition) is 5. The smallest absolute Gasteiger partial charge is 0.321 e. The van der Waals surface area contributed by atoms with E-state index < -0.39 is 12.1 Å². The van der Waals surface area contributed by atoms with E-state index in [0.717, 1.165) is 10.5 Å². The molecule has 3 amide bonds. The summed E-state index contributed by atoms with van der Waals surface area (Å²) in [6, 6.07) is 4.19. The molecule has 0 heterocycles. The Balaban J connectivity index is 2.80. The SMILES string of the molecule is CC[C@@H](C)C(=O)N(C(N)=O)C(C)C/C=C(\N)Oc1ccc(C)c(OC)c1. The van der Waals surface area contributed by atoms with E-state index in [1.54, 1.807) is 39.2 Å². The van der Waals surface area contributed by atoms with Gasteiger partial charge in [0, 0.05) is 18.0 Å². The number of ether oxygens (including phenoxy) is 2. The monoisotopic (exact) mass is 363 g/mol. The Kier molecular flexibility index (Phi) is 7.96. The van der Waals surface area contributed by atoms with Crippen LogP contribution in [-0.4, -0.2) is 30.0 Å². The van der Waals surface area contributed by atoms with Crippen LogP contribution in [0.3, 0.4) is 0 Å². The molecule has 0 aliphatic rings. The highest BCUT2D eigenvalue weighted by Crippen LogP contribution is 2.24. The van der Waals surface area contributed by atoms with E-state index in [4.69, 9.17) is 20.9 Å². The predicted molar refractivity (Wildman–Crippen MR) is 101 cm³/mol. The maximum absolute atomic E-state index is 12.3. The molecule has 7 heteroatoms. The second kappa shape index (κ2) is 9.70. The molecule has 0 bridgehead atoms. The fourth-order valence-corrected chi connectivity index (χ4v) is 2.39. The molecule has 0 radical (unpaired) electrons. The van der Waals surface area contributed by atoms with Crippen LogP contribution in [0.4, 0.5) is 4.79 Å². The number of methoxy groups -OCH3 is 1. The van der Waals surface area contributed by atoms with Crippen molar-refractivity contribution >= 4 is 11.9 Å². The minimum atomic E-state index is -0.765. The average molecular weight is 363 g/mol. The van der Waals surface area contributed by atoms with Crippen LogP contribution in [0.5, 0.6) is 11.5 Å². The summed E-state index contributed by atoms with van der Waals surface area (Å²) in [7, 11) is 1.58. The zero-order chi connectivity index (χ0) is 19.9. The lowest BCUT2D eigenvalue weighted by atomic mass is 10.1. The quantitative estimate of drug-likeness (QED) is 0.690. The van der Waals surface area contributed by atoms with E-state index >= 15 is 0 Å². The maximum Gasteiger partial charge on any atom is 0.321 e. The van der Waals surface area contributed by atoms with E-state index in [2.05, 4.69) is 0 Å². The van der Waals surface area contributed by atoms with Crippen molar-refractivity contribution in [1.29, 1.82) is 0 Å². The van der Waals surface area contributed by atoms with Crippen molar-refractivity contribution in [2.45, 2.75) is 46.6 Å². The van der Waals surface area contributed by atoms with Gasteiger partial charge >= 0.3 is 6.03 Å². The van der Waals surface area contributed by atoms with Gasteiger partial charge in [-0.2, -0.15) is 0 Å². The normalized spacial score (nSPS) is 13.7. The number of carbonyl (C=O) groups excluding carboxylic acids is 2. The van der Waals surface area contributed by atoms with Crippen molar-refractivity contribution in [2.24, 2.45) is 17.4 Å². The lowest BCUT2D eigenvalue weighted by molar-refractivity contribution is -0.133. The molecule has 0 saturated carbocycles. The number of rotatable bonds is 8. The summed E-state index contributed by atoms with van der Waals surface area (Å²) in [6.45, 7) is 7.32. The van der Waals surface area contributed by atoms with E-state index in [0.29, 0.717) is 24.3 Å². The molecule has 0 fully saturated rings. The standard InChI is InChI=1S/C19H29N3O4/c1-6-12(2)18(23)22(19(21)24)14(4)8-10-17(20)26-15-9-7-13(3)16(11-15)25-5/h7,9-12,14H,6,8,20H2,1-5H3,(H2,21,24)/b17-10+/t12-,14?/m1/s1. The van der Waals surface area contributed by atoms with Gasteiger partial charge in [-0.1, -0.05) is 19.9 Å². The van der Waals surface area contributed by atoms with Crippen molar-refractivity contribution in [1.82, 2.24) is 4.90 Å². The Morgan fingerprint density at radius 2 is 1.92 bits per heavy atom. The number of amides is 3. The lowest BCUT2D eigenvalue weighted by Crippen LogP contribution is -2.48. The van der Waals surface area contributed by atoms with Crippen LogP contribution < -0.4 is 20.9 Å². The van der Waals surface area contributed by atoms with Gasteiger partial charge in [-0.3, -0.25) is 9.69 Å². The third-order valence-corrected chi connectivity index (χ3v) is 4.22. The number of carbonyl (C=O) groups is 2. The van der Waals surface area contributed by atoms with Crippen LogP contribution >= 0.6 is 0 Å². The Bertz CT molecular complexity index is 673. The van der Waals surface area contributed by atoms with Gasteiger partial charge in [0.1, 0.15) is 11.5 Å². The van der Waals surface area contributed by atoms with Crippen molar-refractivity contribution in [3.05, 3.63) is 35.7 Å². The molecule has 2 atom stereocenters. The Morgan fingerprint density at radius 3 is 2.46 bits per heavy atom. The minimum Gasteiger partial charge on any atom is -0.496 e. The van der Waals surface area contributed by atoms with Crippen LogP contribution in [0.15, 0.2) is 30.2 Å². The van der Waals surface area contributed by atoms with E-state index in [-0.39, 0.29) is 17.7 Å². The van der Waals surface area contributed by atoms with Gasteiger partial charge < -0.3 is 20.9 Å². The molecule has 1 aromatic rings. The van der Waals surface area contributed by atoms with Gasteiger partial charge in [-0.25, -0.2) is 4.79 Å². The number of urea groups is 1. The summed E-state index contributed by atoms with van der Waals surface area (Å²) < 4.78 is 10.8. The van der Waals surface area contributed by atoms with Crippen molar-refractivity contribution < 1.29 is 19.1 Å². The summed E-state index contributed by atoms with van der Waals surface area (Å²) in [5.74, 6) is 0.841. The van der Waals surface area contributed by atoms with Crippen molar-refractivity contribution in [2.75, 3.05) is 7.11 Å². The number of nitrogens with zero attached hydrogens (tertiary/aromatic N) is 1. The molecule has 0 saturated heterocycles. The number of benzene rings is 1. The van der Waals surface area contributed by atoms with E-state index in [1.165, 1.54) is 0 Å². The minimum absolute atomic E-state index is 0.170. The summed E-state index contributed by atoms with van der Waals surface area (Å²) in [4.78, 5) is 25.1. The third kappa shape index (κ3) is 5.68. The molecule has 0 spiro atoms. The maximum atomic E-state index is 12.3. The van der Waals surface area contributed by atoms with Crippen LogP contribution in [-0.2, 0) is 4.79 Å². The number of primary amides is 1. The fraction of sp³-hybridized carbons (Fsp3) is 0.474. The first-order valence-corrected chi connectivity index (χ1v) is 8.61. The summed E-state index contributed by atoms with van der Waals surface area (Å²) in [5, 5.41) is 0. The average Bonchev–Trinajstić information content (AvgIpc) is 2.60. The topological polar surface area (TPSA) is 108 Å². The molecule has 26 heavy (non-hydrogen) atoms. The van der Waals surface area contributed by atoms with E-state index in [9.17, 15) is 9.59 Å². The first kappa shape index (κ1) is 21.3.